The fourth-order valence-corrected chi connectivity index (χ4v) is 1.80. The van der Waals surface area contributed by atoms with E-state index >= 15 is 0 Å². The Kier molecular flexibility index (Phi) is 3.54. The molecule has 0 aromatic heterocycles. The molecule has 0 bridgehead atoms. The van der Waals surface area contributed by atoms with Crippen LogP contribution in [0.4, 0.5) is 5.69 Å². The van der Waals surface area contributed by atoms with Gasteiger partial charge in [0.05, 0.1) is 0 Å². The first-order chi connectivity index (χ1) is 7.88. The van der Waals surface area contributed by atoms with E-state index in [9.17, 15) is 4.79 Å². The van der Waals surface area contributed by atoms with E-state index in [4.69, 9.17) is 0 Å². The molecule has 0 unspecified atom stereocenters. The molecule has 0 fully saturated rings. The molecule has 82 valence electrons. The number of anilines is 1. The van der Waals surface area contributed by atoms with Crippen LogP contribution in [0.5, 0.6) is 0 Å². The highest BCUT2D eigenvalue weighted by Crippen LogP contribution is 2.21. The van der Waals surface area contributed by atoms with Crippen LogP contribution in [0.3, 0.4) is 0 Å². The van der Waals surface area contributed by atoms with Crippen LogP contribution in [0.2, 0.25) is 0 Å². The molecule has 0 heterocycles. The van der Waals surface area contributed by atoms with Crippen LogP contribution in [0.25, 0.3) is 0 Å². The average Bonchev–Trinajstić information content (AvgIpc) is 2.38. The zero-order valence-electron chi connectivity index (χ0n) is 9.15. The first-order valence-corrected chi connectivity index (χ1v) is 5.55. The summed E-state index contributed by atoms with van der Waals surface area (Å²) in [7, 11) is 0. The van der Waals surface area contributed by atoms with Gasteiger partial charge in [0.2, 0.25) is 0 Å². The van der Waals surface area contributed by atoms with Gasteiger partial charge in [-0.1, -0.05) is 24.3 Å². The van der Waals surface area contributed by atoms with Crippen molar-refractivity contribution in [2.24, 2.45) is 0 Å². The number of hydrogen-bond acceptors (Lipinski definition) is 2. The Bertz CT molecular complexity index is 418. The van der Waals surface area contributed by atoms with Crippen molar-refractivity contribution in [3.63, 3.8) is 0 Å². The smallest absolute Gasteiger partial charge is 0.146 e. The number of rotatable bonds is 3. The predicted octanol–water partition coefficient (Wildman–Crippen LogP) is 3.29. The Morgan fingerprint density at radius 1 is 1.12 bits per heavy atom. The Morgan fingerprint density at radius 3 is 2.69 bits per heavy atom. The number of carbonyl (C=O) groups is 1. The monoisotopic (exact) mass is 213 g/mol. The standard InChI is InChI=1S/C14H15NO/c16-11-13-6-4-5-12(9-13)10-15-14-7-2-1-3-8-14/h1-3,7-11,15H,4-6H2/b12-10+. The number of aldehydes is 1. The Balaban J connectivity index is 2.05. The van der Waals surface area contributed by atoms with Crippen LogP contribution in [-0.2, 0) is 4.79 Å². The van der Waals surface area contributed by atoms with Crippen LogP contribution in [0.15, 0.2) is 53.8 Å². The second-order valence-corrected chi connectivity index (χ2v) is 3.92. The van der Waals surface area contributed by atoms with Gasteiger partial charge in [-0.25, -0.2) is 0 Å². The number of nitrogens with one attached hydrogen (secondary N) is 1. The van der Waals surface area contributed by atoms with Gasteiger partial charge in [-0.3, -0.25) is 4.79 Å². The lowest BCUT2D eigenvalue weighted by Crippen LogP contribution is -1.98. The zero-order valence-corrected chi connectivity index (χ0v) is 9.15. The molecule has 0 radical (unpaired) electrons. The normalized spacial score (nSPS) is 18.0. The third-order valence-corrected chi connectivity index (χ3v) is 2.65. The summed E-state index contributed by atoms with van der Waals surface area (Å²) in [6.45, 7) is 0. The van der Waals surface area contributed by atoms with Crippen LogP contribution in [0, 0.1) is 0 Å². The number of carbonyl (C=O) groups excluding carboxylic acids is 1. The quantitative estimate of drug-likeness (QED) is 0.780. The van der Waals surface area contributed by atoms with Gasteiger partial charge in [0.15, 0.2) is 0 Å². The Hall–Kier alpha value is -1.83. The summed E-state index contributed by atoms with van der Waals surface area (Å²) >= 11 is 0. The highest BCUT2D eigenvalue weighted by Gasteiger charge is 2.05. The van der Waals surface area contributed by atoms with Gasteiger partial charge in [0.1, 0.15) is 6.29 Å². The van der Waals surface area contributed by atoms with E-state index in [2.05, 4.69) is 5.32 Å². The SMILES string of the molecule is O=CC1=C/C(=C/Nc2ccccc2)CCC1. The molecule has 1 aliphatic rings. The fraction of sp³-hybridized carbons (Fsp3) is 0.214. The van der Waals surface area contributed by atoms with Gasteiger partial charge < -0.3 is 5.32 Å². The second-order valence-electron chi connectivity index (χ2n) is 3.92. The second kappa shape index (κ2) is 5.31. The number of allylic oxidation sites excluding steroid dienone is 3. The van der Waals surface area contributed by atoms with E-state index < -0.39 is 0 Å². The number of para-hydroxylation sites is 1. The van der Waals surface area contributed by atoms with Crippen molar-refractivity contribution < 1.29 is 4.79 Å². The molecule has 16 heavy (non-hydrogen) atoms. The molecular formula is C14H15NO. The molecule has 2 nitrogen and oxygen atoms in total. The minimum atomic E-state index is 0.896. The number of hydrogen-bond donors (Lipinski definition) is 1. The highest BCUT2D eigenvalue weighted by atomic mass is 16.1. The maximum Gasteiger partial charge on any atom is 0.146 e. The van der Waals surface area contributed by atoms with Gasteiger partial charge in [-0.15, -0.1) is 0 Å². The van der Waals surface area contributed by atoms with Gasteiger partial charge in [0, 0.05) is 11.9 Å². The third kappa shape index (κ3) is 2.83. The van der Waals surface area contributed by atoms with E-state index in [1.54, 1.807) is 0 Å². The fourth-order valence-electron chi connectivity index (χ4n) is 1.80. The largest absolute Gasteiger partial charge is 0.361 e. The van der Waals surface area contributed by atoms with Gasteiger partial charge >= 0.3 is 0 Å². The summed E-state index contributed by atoms with van der Waals surface area (Å²) < 4.78 is 0. The summed E-state index contributed by atoms with van der Waals surface area (Å²) in [5.41, 5.74) is 3.16. The molecule has 2 rings (SSSR count). The summed E-state index contributed by atoms with van der Waals surface area (Å²) in [6.07, 6.45) is 7.93. The Labute approximate surface area is 95.7 Å². The van der Waals surface area contributed by atoms with Crippen molar-refractivity contribution in [1.82, 2.24) is 0 Å². The van der Waals surface area contributed by atoms with Crippen molar-refractivity contribution in [2.75, 3.05) is 5.32 Å². The maximum atomic E-state index is 10.7. The molecular weight excluding hydrogens is 198 g/mol. The Morgan fingerprint density at radius 2 is 1.94 bits per heavy atom. The van der Waals surface area contributed by atoms with Crippen LogP contribution in [-0.4, -0.2) is 6.29 Å². The molecule has 1 aliphatic carbocycles. The summed E-state index contributed by atoms with van der Waals surface area (Å²) in [5.74, 6) is 0. The molecule has 1 N–H and O–H groups in total. The molecule has 0 spiro atoms. The van der Waals surface area contributed by atoms with Crippen molar-refractivity contribution in [3.8, 4) is 0 Å². The first kappa shape index (κ1) is 10.7. The molecule has 0 saturated heterocycles. The molecule has 2 heteroatoms. The molecule has 0 aliphatic heterocycles. The third-order valence-electron chi connectivity index (χ3n) is 2.65. The van der Waals surface area contributed by atoms with E-state index in [0.29, 0.717) is 0 Å². The van der Waals surface area contributed by atoms with E-state index in [0.717, 1.165) is 36.8 Å². The molecule has 0 atom stereocenters. The van der Waals surface area contributed by atoms with Gasteiger partial charge in [-0.2, -0.15) is 0 Å². The minimum Gasteiger partial charge on any atom is -0.361 e. The van der Waals surface area contributed by atoms with Crippen LogP contribution in [0.1, 0.15) is 19.3 Å². The van der Waals surface area contributed by atoms with Crippen molar-refractivity contribution in [1.29, 1.82) is 0 Å². The molecule has 1 aromatic carbocycles. The molecule has 1 aromatic rings. The van der Waals surface area contributed by atoms with E-state index in [-0.39, 0.29) is 0 Å². The topological polar surface area (TPSA) is 29.1 Å². The van der Waals surface area contributed by atoms with Crippen molar-refractivity contribution >= 4 is 12.0 Å². The zero-order chi connectivity index (χ0) is 11.2. The van der Waals surface area contributed by atoms with Crippen molar-refractivity contribution in [2.45, 2.75) is 19.3 Å². The summed E-state index contributed by atoms with van der Waals surface area (Å²) in [6, 6.07) is 10.0. The lowest BCUT2D eigenvalue weighted by Gasteiger charge is -2.11. The van der Waals surface area contributed by atoms with E-state index in [1.165, 1.54) is 5.57 Å². The number of benzene rings is 1. The van der Waals surface area contributed by atoms with Gasteiger partial charge in [-0.05, 0) is 42.5 Å². The molecule has 0 amide bonds. The lowest BCUT2D eigenvalue weighted by atomic mass is 9.97. The predicted molar refractivity (Wildman–Crippen MR) is 66.1 cm³/mol. The lowest BCUT2D eigenvalue weighted by molar-refractivity contribution is -0.105. The van der Waals surface area contributed by atoms with Crippen LogP contribution < -0.4 is 5.32 Å². The van der Waals surface area contributed by atoms with Gasteiger partial charge in [0.25, 0.3) is 0 Å². The molecule has 0 saturated carbocycles. The van der Waals surface area contributed by atoms with Crippen molar-refractivity contribution in [3.05, 3.63) is 53.8 Å². The highest BCUT2D eigenvalue weighted by molar-refractivity contribution is 5.74. The minimum absolute atomic E-state index is 0.896. The maximum absolute atomic E-state index is 10.7. The average molecular weight is 213 g/mol. The first-order valence-electron chi connectivity index (χ1n) is 5.55. The van der Waals surface area contributed by atoms with E-state index in [1.807, 2.05) is 42.6 Å². The summed E-state index contributed by atoms with van der Waals surface area (Å²) in [4.78, 5) is 10.7. The summed E-state index contributed by atoms with van der Waals surface area (Å²) in [5, 5.41) is 3.24. The van der Waals surface area contributed by atoms with Crippen LogP contribution >= 0.6 is 0 Å².